The molecule has 2 rings (SSSR count). The monoisotopic (exact) mass is 184 g/mol. The normalized spacial score (nSPS) is 34.5. The van der Waals surface area contributed by atoms with Gasteiger partial charge in [0, 0.05) is 25.2 Å². The number of aliphatic carboxylic acids is 1. The number of hydrogen-bond donors (Lipinski definition) is 2. The topological polar surface area (TPSA) is 52.6 Å². The highest BCUT2D eigenvalue weighted by Crippen LogP contribution is 2.20. The van der Waals surface area contributed by atoms with Crippen molar-refractivity contribution in [2.75, 3.05) is 19.6 Å². The molecule has 2 unspecified atom stereocenters. The minimum Gasteiger partial charge on any atom is -0.481 e. The zero-order valence-electron chi connectivity index (χ0n) is 7.70. The number of piperazine rings is 1. The molecular formula is C9H16N2O2. The predicted molar refractivity (Wildman–Crippen MR) is 48.6 cm³/mol. The first-order valence-electron chi connectivity index (χ1n) is 4.95. The van der Waals surface area contributed by atoms with E-state index in [0.717, 1.165) is 19.6 Å². The van der Waals surface area contributed by atoms with E-state index in [0.29, 0.717) is 6.04 Å². The van der Waals surface area contributed by atoms with E-state index in [-0.39, 0.29) is 12.5 Å². The van der Waals surface area contributed by atoms with Gasteiger partial charge in [0.2, 0.25) is 0 Å². The Morgan fingerprint density at radius 2 is 2.46 bits per heavy atom. The lowest BCUT2D eigenvalue weighted by molar-refractivity contribution is -0.137. The third kappa shape index (κ3) is 2.00. The van der Waals surface area contributed by atoms with E-state index in [1.54, 1.807) is 0 Å². The van der Waals surface area contributed by atoms with Crippen molar-refractivity contribution >= 4 is 5.97 Å². The Hall–Kier alpha value is -0.610. The van der Waals surface area contributed by atoms with E-state index in [1.807, 2.05) is 0 Å². The summed E-state index contributed by atoms with van der Waals surface area (Å²) in [6.45, 7) is 3.04. The molecule has 2 fully saturated rings. The summed E-state index contributed by atoms with van der Waals surface area (Å²) in [6, 6.07) is 0.830. The Labute approximate surface area is 77.9 Å². The van der Waals surface area contributed by atoms with Crippen molar-refractivity contribution in [2.24, 2.45) is 0 Å². The second kappa shape index (κ2) is 3.64. The van der Waals surface area contributed by atoms with Crippen LogP contribution in [-0.2, 0) is 4.79 Å². The van der Waals surface area contributed by atoms with Crippen LogP contribution >= 0.6 is 0 Å². The lowest BCUT2D eigenvalue weighted by Gasteiger charge is -2.35. The average molecular weight is 184 g/mol. The van der Waals surface area contributed by atoms with E-state index in [9.17, 15) is 4.79 Å². The Bertz CT molecular complexity index is 208. The number of carboxylic acid groups (broad SMARTS) is 1. The van der Waals surface area contributed by atoms with E-state index >= 15 is 0 Å². The number of rotatable bonds is 2. The van der Waals surface area contributed by atoms with Gasteiger partial charge in [-0.1, -0.05) is 0 Å². The summed E-state index contributed by atoms with van der Waals surface area (Å²) in [5, 5.41) is 11.9. The summed E-state index contributed by atoms with van der Waals surface area (Å²) in [5.74, 6) is -0.699. The van der Waals surface area contributed by atoms with Crippen LogP contribution < -0.4 is 5.32 Å². The van der Waals surface area contributed by atoms with Crippen molar-refractivity contribution in [2.45, 2.75) is 31.3 Å². The molecule has 74 valence electrons. The van der Waals surface area contributed by atoms with Crippen molar-refractivity contribution in [3.63, 3.8) is 0 Å². The minimum atomic E-state index is -0.699. The number of nitrogens with zero attached hydrogens (tertiary/aromatic N) is 1. The zero-order chi connectivity index (χ0) is 9.26. The molecule has 2 N–H and O–H groups in total. The van der Waals surface area contributed by atoms with Crippen LogP contribution in [0.25, 0.3) is 0 Å². The van der Waals surface area contributed by atoms with E-state index in [4.69, 9.17) is 5.11 Å². The molecule has 0 aliphatic carbocycles. The molecule has 13 heavy (non-hydrogen) atoms. The Balaban J connectivity index is 1.86. The van der Waals surface area contributed by atoms with Gasteiger partial charge in [-0.05, 0) is 19.4 Å². The molecule has 0 aromatic rings. The molecule has 0 aromatic carbocycles. The second-order valence-corrected chi connectivity index (χ2v) is 3.99. The Morgan fingerprint density at radius 1 is 1.62 bits per heavy atom. The molecule has 2 aliphatic heterocycles. The standard InChI is InChI=1S/C9H16N2O2/c12-9(13)4-7-6-11-3-1-2-8(11)5-10-7/h7-8,10H,1-6H2,(H,12,13). The highest BCUT2D eigenvalue weighted by atomic mass is 16.4. The Morgan fingerprint density at radius 3 is 3.23 bits per heavy atom. The van der Waals surface area contributed by atoms with Gasteiger partial charge in [-0.15, -0.1) is 0 Å². The molecule has 2 aliphatic rings. The molecule has 0 radical (unpaired) electrons. The molecule has 4 nitrogen and oxygen atoms in total. The second-order valence-electron chi connectivity index (χ2n) is 3.99. The van der Waals surface area contributed by atoms with Gasteiger partial charge in [-0.25, -0.2) is 0 Å². The maximum Gasteiger partial charge on any atom is 0.304 e. The van der Waals surface area contributed by atoms with Crippen LogP contribution in [0.2, 0.25) is 0 Å². The third-order valence-corrected chi connectivity index (χ3v) is 3.02. The number of carbonyl (C=O) groups is 1. The van der Waals surface area contributed by atoms with Crippen LogP contribution in [0.1, 0.15) is 19.3 Å². The number of hydrogen-bond acceptors (Lipinski definition) is 3. The number of fused-ring (bicyclic) bond motifs is 1. The smallest absolute Gasteiger partial charge is 0.304 e. The zero-order valence-corrected chi connectivity index (χ0v) is 7.70. The quantitative estimate of drug-likeness (QED) is 0.629. The average Bonchev–Trinajstić information content (AvgIpc) is 2.49. The van der Waals surface area contributed by atoms with Crippen molar-refractivity contribution in [3.05, 3.63) is 0 Å². The van der Waals surface area contributed by atoms with Crippen LogP contribution in [0.5, 0.6) is 0 Å². The highest BCUT2D eigenvalue weighted by molar-refractivity contribution is 5.67. The maximum atomic E-state index is 10.5. The van der Waals surface area contributed by atoms with Crippen molar-refractivity contribution in [1.82, 2.24) is 10.2 Å². The van der Waals surface area contributed by atoms with Gasteiger partial charge in [-0.3, -0.25) is 9.69 Å². The predicted octanol–water partition coefficient (Wildman–Crippen LogP) is -0.103. The fourth-order valence-corrected chi connectivity index (χ4v) is 2.36. The van der Waals surface area contributed by atoms with Gasteiger partial charge in [-0.2, -0.15) is 0 Å². The molecule has 0 amide bonds. The highest BCUT2D eigenvalue weighted by Gasteiger charge is 2.31. The maximum absolute atomic E-state index is 10.5. The molecule has 0 bridgehead atoms. The largest absolute Gasteiger partial charge is 0.481 e. The van der Waals surface area contributed by atoms with E-state index < -0.39 is 5.97 Å². The van der Waals surface area contributed by atoms with Crippen LogP contribution in [0.15, 0.2) is 0 Å². The fourth-order valence-electron chi connectivity index (χ4n) is 2.36. The first-order chi connectivity index (χ1) is 6.25. The lowest BCUT2D eigenvalue weighted by Crippen LogP contribution is -2.54. The van der Waals surface area contributed by atoms with Crippen molar-refractivity contribution in [3.8, 4) is 0 Å². The van der Waals surface area contributed by atoms with Gasteiger partial charge in [0.1, 0.15) is 0 Å². The number of nitrogens with one attached hydrogen (secondary N) is 1. The third-order valence-electron chi connectivity index (χ3n) is 3.02. The van der Waals surface area contributed by atoms with Crippen LogP contribution in [0.3, 0.4) is 0 Å². The summed E-state index contributed by atoms with van der Waals surface area (Å²) < 4.78 is 0. The Kier molecular flexibility index (Phi) is 2.51. The van der Waals surface area contributed by atoms with Crippen LogP contribution in [0.4, 0.5) is 0 Å². The first kappa shape index (κ1) is 8.97. The minimum absolute atomic E-state index is 0.159. The molecule has 2 saturated heterocycles. The molecule has 0 spiro atoms. The molecular weight excluding hydrogens is 168 g/mol. The SMILES string of the molecule is O=C(O)CC1CN2CCCC2CN1. The van der Waals surface area contributed by atoms with Gasteiger partial charge in [0.05, 0.1) is 6.42 Å². The van der Waals surface area contributed by atoms with Crippen LogP contribution in [-0.4, -0.2) is 47.7 Å². The van der Waals surface area contributed by atoms with Gasteiger partial charge >= 0.3 is 5.97 Å². The van der Waals surface area contributed by atoms with Crippen LogP contribution in [0, 0.1) is 0 Å². The summed E-state index contributed by atoms with van der Waals surface area (Å²) in [6.07, 6.45) is 2.79. The summed E-state index contributed by atoms with van der Waals surface area (Å²) in [5.41, 5.74) is 0. The van der Waals surface area contributed by atoms with Gasteiger partial charge < -0.3 is 10.4 Å². The van der Waals surface area contributed by atoms with Crippen molar-refractivity contribution < 1.29 is 9.90 Å². The molecule has 2 heterocycles. The fraction of sp³-hybridized carbons (Fsp3) is 0.889. The van der Waals surface area contributed by atoms with Gasteiger partial charge in [0.15, 0.2) is 0 Å². The molecule has 4 heteroatoms. The van der Waals surface area contributed by atoms with E-state index in [2.05, 4.69) is 10.2 Å². The number of carboxylic acids is 1. The van der Waals surface area contributed by atoms with Gasteiger partial charge in [0.25, 0.3) is 0 Å². The summed E-state index contributed by atoms with van der Waals surface area (Å²) >= 11 is 0. The lowest BCUT2D eigenvalue weighted by atomic mass is 10.1. The summed E-state index contributed by atoms with van der Waals surface area (Å²) in [7, 11) is 0. The molecule has 2 atom stereocenters. The molecule has 0 aromatic heterocycles. The van der Waals surface area contributed by atoms with Crippen molar-refractivity contribution in [1.29, 1.82) is 0 Å². The van der Waals surface area contributed by atoms with E-state index in [1.165, 1.54) is 12.8 Å². The first-order valence-corrected chi connectivity index (χ1v) is 4.95. The summed E-state index contributed by atoms with van der Waals surface area (Å²) in [4.78, 5) is 12.9. The molecule has 0 saturated carbocycles.